The Kier molecular flexibility index (Phi) is 5.65. The van der Waals surface area contributed by atoms with Crippen LogP contribution in [0.1, 0.15) is 25.7 Å². The van der Waals surface area contributed by atoms with Crippen LogP contribution in [0.15, 0.2) is 0 Å². The molecule has 0 N–H and O–H groups in total. The molecule has 1 aliphatic rings. The van der Waals surface area contributed by atoms with Gasteiger partial charge in [0.05, 0.1) is 20.1 Å². The maximum atomic E-state index is 10.8. The predicted octanol–water partition coefficient (Wildman–Crippen LogP) is 1.05. The van der Waals surface area contributed by atoms with Gasteiger partial charge in [0.2, 0.25) is 0 Å². The third kappa shape index (κ3) is 4.62. The van der Waals surface area contributed by atoms with Crippen molar-refractivity contribution in [1.82, 2.24) is 4.90 Å². The van der Waals surface area contributed by atoms with Crippen LogP contribution in [0.3, 0.4) is 0 Å². The van der Waals surface area contributed by atoms with E-state index in [-0.39, 0.29) is 5.97 Å². The molecule has 1 rings (SSSR count). The zero-order chi connectivity index (χ0) is 11.1. The van der Waals surface area contributed by atoms with Gasteiger partial charge in [0, 0.05) is 12.6 Å². The van der Waals surface area contributed by atoms with Gasteiger partial charge in [0.1, 0.15) is 0 Å². The van der Waals surface area contributed by atoms with E-state index in [0.717, 1.165) is 13.0 Å². The van der Waals surface area contributed by atoms with Gasteiger partial charge in [0.25, 0.3) is 0 Å². The summed E-state index contributed by atoms with van der Waals surface area (Å²) >= 11 is 0. The van der Waals surface area contributed by atoms with Crippen molar-refractivity contribution in [1.29, 1.82) is 0 Å². The van der Waals surface area contributed by atoms with Gasteiger partial charge in [-0.2, -0.15) is 0 Å². The highest BCUT2D eigenvalue weighted by atomic mass is 16.5. The van der Waals surface area contributed by atoms with Gasteiger partial charge >= 0.3 is 5.97 Å². The molecule has 0 spiro atoms. The molecule has 0 unspecified atom stereocenters. The van der Waals surface area contributed by atoms with Crippen molar-refractivity contribution in [2.75, 3.05) is 33.9 Å². The third-order valence-electron chi connectivity index (χ3n) is 2.95. The molecule has 1 fully saturated rings. The molecule has 15 heavy (non-hydrogen) atoms. The molecule has 1 atom stereocenters. The summed E-state index contributed by atoms with van der Waals surface area (Å²) in [6.07, 6.45) is 3.99. The van der Waals surface area contributed by atoms with E-state index in [0.29, 0.717) is 19.1 Å². The van der Waals surface area contributed by atoms with Crippen molar-refractivity contribution >= 4 is 5.97 Å². The normalized spacial score (nSPS) is 21.9. The number of likely N-dealkylation sites (tertiary alicyclic amines) is 1. The zero-order valence-corrected chi connectivity index (χ0v) is 9.70. The summed E-state index contributed by atoms with van der Waals surface area (Å²) in [6.45, 7) is 2.42. The van der Waals surface area contributed by atoms with Crippen LogP contribution in [0.5, 0.6) is 0 Å². The van der Waals surface area contributed by atoms with E-state index in [4.69, 9.17) is 4.74 Å². The molecular formula is C11H21NO3. The van der Waals surface area contributed by atoms with Crippen molar-refractivity contribution in [3.05, 3.63) is 0 Å². The third-order valence-corrected chi connectivity index (χ3v) is 2.95. The highest BCUT2D eigenvalue weighted by Gasteiger charge is 2.19. The number of hydrogen-bond donors (Lipinski definition) is 0. The highest BCUT2D eigenvalue weighted by Crippen LogP contribution is 2.17. The van der Waals surface area contributed by atoms with Crippen molar-refractivity contribution in [3.63, 3.8) is 0 Å². The van der Waals surface area contributed by atoms with E-state index in [2.05, 4.69) is 16.7 Å². The standard InChI is InChI=1S/C11H21NO3/c1-12-7-3-4-10(12)5-8-15-9-6-11(13)14-2/h10H,3-9H2,1-2H3/t10-/m0/s1. The number of nitrogens with zero attached hydrogens (tertiary/aromatic N) is 1. The zero-order valence-electron chi connectivity index (χ0n) is 9.70. The van der Waals surface area contributed by atoms with Gasteiger partial charge in [-0.05, 0) is 32.9 Å². The molecule has 1 saturated heterocycles. The summed E-state index contributed by atoms with van der Waals surface area (Å²) in [4.78, 5) is 13.2. The largest absolute Gasteiger partial charge is 0.469 e. The lowest BCUT2D eigenvalue weighted by atomic mass is 10.1. The van der Waals surface area contributed by atoms with Crippen molar-refractivity contribution < 1.29 is 14.3 Å². The maximum absolute atomic E-state index is 10.8. The van der Waals surface area contributed by atoms with E-state index in [9.17, 15) is 4.79 Å². The Balaban J connectivity index is 1.95. The number of carbonyl (C=O) groups is 1. The topological polar surface area (TPSA) is 38.8 Å². The van der Waals surface area contributed by atoms with E-state index in [1.807, 2.05) is 0 Å². The van der Waals surface area contributed by atoms with Crippen LogP contribution in [0.25, 0.3) is 0 Å². The number of rotatable bonds is 6. The minimum atomic E-state index is -0.201. The van der Waals surface area contributed by atoms with Crippen LogP contribution >= 0.6 is 0 Å². The Labute approximate surface area is 91.5 Å². The molecule has 4 heteroatoms. The smallest absolute Gasteiger partial charge is 0.307 e. The fraction of sp³-hybridized carbons (Fsp3) is 0.909. The second-order valence-electron chi connectivity index (χ2n) is 4.00. The number of hydrogen-bond acceptors (Lipinski definition) is 4. The molecule has 0 aromatic heterocycles. The van der Waals surface area contributed by atoms with Crippen LogP contribution in [0.2, 0.25) is 0 Å². The van der Waals surface area contributed by atoms with Crippen molar-refractivity contribution in [2.45, 2.75) is 31.7 Å². The molecule has 0 aromatic carbocycles. The van der Waals surface area contributed by atoms with Crippen LogP contribution in [0, 0.1) is 0 Å². The Hall–Kier alpha value is -0.610. The highest BCUT2D eigenvalue weighted by molar-refractivity contribution is 5.69. The summed E-state index contributed by atoms with van der Waals surface area (Å²) in [5.74, 6) is -0.201. The average molecular weight is 215 g/mol. The summed E-state index contributed by atoms with van der Waals surface area (Å²) in [5.41, 5.74) is 0. The van der Waals surface area contributed by atoms with Crippen LogP contribution in [0.4, 0.5) is 0 Å². The Bertz CT molecular complexity index is 196. The van der Waals surface area contributed by atoms with Gasteiger partial charge in [-0.25, -0.2) is 0 Å². The second kappa shape index (κ2) is 6.80. The van der Waals surface area contributed by atoms with Gasteiger partial charge in [-0.15, -0.1) is 0 Å². The molecule has 0 saturated carbocycles. The molecular weight excluding hydrogens is 194 g/mol. The predicted molar refractivity (Wildman–Crippen MR) is 57.7 cm³/mol. The first-order chi connectivity index (χ1) is 7.24. The van der Waals surface area contributed by atoms with Crippen LogP contribution < -0.4 is 0 Å². The Morgan fingerprint density at radius 2 is 2.27 bits per heavy atom. The quantitative estimate of drug-likeness (QED) is 0.490. The Morgan fingerprint density at radius 1 is 1.47 bits per heavy atom. The molecule has 1 aliphatic heterocycles. The molecule has 0 radical (unpaired) electrons. The molecule has 88 valence electrons. The summed E-state index contributed by atoms with van der Waals surface area (Å²) in [6, 6.07) is 0.670. The molecule has 0 amide bonds. The minimum Gasteiger partial charge on any atom is -0.469 e. The number of esters is 1. The van der Waals surface area contributed by atoms with Gasteiger partial charge in [0.15, 0.2) is 0 Å². The Morgan fingerprint density at radius 3 is 2.87 bits per heavy atom. The number of ether oxygens (including phenoxy) is 2. The fourth-order valence-corrected chi connectivity index (χ4v) is 1.92. The van der Waals surface area contributed by atoms with Gasteiger partial charge in [-0.1, -0.05) is 0 Å². The molecule has 1 heterocycles. The number of carbonyl (C=O) groups excluding carboxylic acids is 1. The molecule has 4 nitrogen and oxygen atoms in total. The van der Waals surface area contributed by atoms with E-state index >= 15 is 0 Å². The summed E-state index contributed by atoms with van der Waals surface area (Å²) in [7, 11) is 3.56. The maximum Gasteiger partial charge on any atom is 0.307 e. The SMILES string of the molecule is COC(=O)CCOCC[C@@H]1CCCN1C. The number of methoxy groups -OCH3 is 1. The van der Waals surface area contributed by atoms with Gasteiger partial charge < -0.3 is 14.4 Å². The lowest BCUT2D eigenvalue weighted by Gasteiger charge is -2.18. The van der Waals surface area contributed by atoms with Crippen LogP contribution in [-0.2, 0) is 14.3 Å². The van der Waals surface area contributed by atoms with Crippen LogP contribution in [-0.4, -0.2) is 50.8 Å². The second-order valence-corrected chi connectivity index (χ2v) is 4.00. The average Bonchev–Trinajstić information content (AvgIpc) is 2.63. The van der Waals surface area contributed by atoms with E-state index in [1.165, 1.54) is 26.5 Å². The van der Waals surface area contributed by atoms with Crippen molar-refractivity contribution in [2.24, 2.45) is 0 Å². The molecule has 0 aromatic rings. The van der Waals surface area contributed by atoms with Crippen molar-refractivity contribution in [3.8, 4) is 0 Å². The first-order valence-corrected chi connectivity index (χ1v) is 5.59. The summed E-state index contributed by atoms with van der Waals surface area (Å²) in [5, 5.41) is 0. The molecule has 0 aliphatic carbocycles. The lowest BCUT2D eigenvalue weighted by Crippen LogP contribution is -2.26. The van der Waals surface area contributed by atoms with E-state index < -0.39 is 0 Å². The fourth-order valence-electron chi connectivity index (χ4n) is 1.92. The first-order valence-electron chi connectivity index (χ1n) is 5.59. The van der Waals surface area contributed by atoms with Gasteiger partial charge in [-0.3, -0.25) is 4.79 Å². The first kappa shape index (κ1) is 12.5. The molecule has 0 bridgehead atoms. The minimum absolute atomic E-state index is 0.201. The lowest BCUT2D eigenvalue weighted by molar-refractivity contribution is -0.141. The monoisotopic (exact) mass is 215 g/mol. The van der Waals surface area contributed by atoms with E-state index in [1.54, 1.807) is 0 Å². The summed E-state index contributed by atoms with van der Waals surface area (Å²) < 4.78 is 9.91.